The molecule has 4 aromatic rings. The van der Waals surface area contributed by atoms with Gasteiger partial charge in [-0.05, 0) is 99.0 Å². The fourth-order valence-electron chi connectivity index (χ4n) is 5.78. The fourth-order valence-corrected chi connectivity index (χ4v) is 5.78. The van der Waals surface area contributed by atoms with E-state index in [0.717, 1.165) is 76.4 Å². The van der Waals surface area contributed by atoms with Crippen LogP contribution in [0.15, 0.2) is 95.2 Å². The Balaban J connectivity index is 1.42. The van der Waals surface area contributed by atoms with E-state index < -0.39 is 11.9 Å². The number of hydrogen-bond acceptors (Lipinski definition) is 12. The van der Waals surface area contributed by atoms with Gasteiger partial charge in [0.1, 0.15) is 23.8 Å². The van der Waals surface area contributed by atoms with Crippen LogP contribution in [-0.2, 0) is 14.2 Å². The number of carbonyl (C=O) groups excluding carboxylic acids is 2. The molecule has 0 unspecified atom stereocenters. The van der Waals surface area contributed by atoms with Crippen molar-refractivity contribution in [2.75, 3.05) is 59.5 Å². The Bertz CT molecular complexity index is 1860. The van der Waals surface area contributed by atoms with Crippen molar-refractivity contribution in [3.05, 3.63) is 102 Å². The predicted octanol–water partition coefficient (Wildman–Crippen LogP) is 12.0. The van der Waals surface area contributed by atoms with E-state index in [0.29, 0.717) is 98.4 Å². The van der Waals surface area contributed by atoms with Gasteiger partial charge in [-0.15, -0.1) is 5.11 Å². The number of aryl methyl sites for hydroxylation is 1. The van der Waals surface area contributed by atoms with Gasteiger partial charge in [-0.2, -0.15) is 5.11 Å². The van der Waals surface area contributed by atoms with Gasteiger partial charge in [-0.25, -0.2) is 9.59 Å². The maximum Gasteiger partial charge on any atom is 0.343 e. The summed E-state index contributed by atoms with van der Waals surface area (Å²) >= 11 is 0. The van der Waals surface area contributed by atoms with Crippen molar-refractivity contribution in [1.29, 1.82) is 0 Å². The number of carbonyl (C=O) groups is 2. The van der Waals surface area contributed by atoms with Crippen molar-refractivity contribution < 1.29 is 47.5 Å². The summed E-state index contributed by atoms with van der Waals surface area (Å²) in [5, 5.41) is 9.01. The van der Waals surface area contributed by atoms with E-state index in [4.69, 9.17) is 37.9 Å². The van der Waals surface area contributed by atoms with Crippen molar-refractivity contribution in [3.8, 4) is 28.7 Å². The van der Waals surface area contributed by atoms with Crippen molar-refractivity contribution in [3.63, 3.8) is 0 Å². The molecule has 0 N–H and O–H groups in total. The zero-order valence-electron chi connectivity index (χ0n) is 36.5. The summed E-state index contributed by atoms with van der Waals surface area (Å²) < 4.78 is 46.7. The summed E-state index contributed by atoms with van der Waals surface area (Å²) in [6.07, 6.45) is 10.2. The maximum absolute atomic E-state index is 13.5. The van der Waals surface area contributed by atoms with Gasteiger partial charge in [0.2, 0.25) is 5.75 Å². The third-order valence-electron chi connectivity index (χ3n) is 9.33. The first kappa shape index (κ1) is 48.4. The second kappa shape index (κ2) is 29.0. The summed E-state index contributed by atoms with van der Waals surface area (Å²) in [5.74, 6) is 0.830. The van der Waals surface area contributed by atoms with Crippen LogP contribution in [0.1, 0.15) is 111 Å². The monoisotopic (exact) mass is 840 g/mol. The van der Waals surface area contributed by atoms with E-state index in [1.165, 1.54) is 0 Å². The van der Waals surface area contributed by atoms with Crippen molar-refractivity contribution >= 4 is 23.3 Å². The molecule has 61 heavy (non-hydrogen) atoms. The lowest BCUT2D eigenvalue weighted by molar-refractivity contribution is 0.00895. The van der Waals surface area contributed by atoms with Crippen LogP contribution in [0.25, 0.3) is 0 Å². The van der Waals surface area contributed by atoms with Gasteiger partial charge >= 0.3 is 11.9 Å². The lowest BCUT2D eigenvalue weighted by Crippen LogP contribution is -2.13. The highest BCUT2D eigenvalue weighted by Gasteiger charge is 2.22. The third-order valence-corrected chi connectivity index (χ3v) is 9.33. The first-order chi connectivity index (χ1) is 29.9. The van der Waals surface area contributed by atoms with Gasteiger partial charge < -0.3 is 37.9 Å². The minimum absolute atomic E-state index is 0.216. The molecule has 0 aliphatic heterocycles. The van der Waals surface area contributed by atoms with E-state index in [1.807, 2.05) is 19.1 Å². The number of ether oxygens (including phenoxy) is 8. The second-order valence-corrected chi connectivity index (χ2v) is 14.5. The normalized spacial score (nSPS) is 11.1. The predicted molar refractivity (Wildman–Crippen MR) is 237 cm³/mol. The Hall–Kier alpha value is -5.30. The second-order valence-electron chi connectivity index (χ2n) is 14.5. The molecular weight excluding hydrogens is 777 g/mol. The van der Waals surface area contributed by atoms with Crippen LogP contribution in [0.3, 0.4) is 0 Å². The van der Waals surface area contributed by atoms with Crippen molar-refractivity contribution in [2.24, 2.45) is 10.2 Å². The Kier molecular flexibility index (Phi) is 23.0. The molecule has 330 valence electrons. The molecule has 0 aliphatic carbocycles. The molecule has 4 aromatic carbocycles. The molecule has 12 nitrogen and oxygen atoms in total. The number of hydrogen-bond donors (Lipinski definition) is 0. The molecule has 0 fully saturated rings. The zero-order chi connectivity index (χ0) is 43.3. The van der Waals surface area contributed by atoms with Gasteiger partial charge in [0.15, 0.2) is 11.5 Å². The van der Waals surface area contributed by atoms with E-state index >= 15 is 0 Å². The number of benzene rings is 4. The molecule has 0 radical (unpaired) electrons. The molecule has 0 saturated carbocycles. The standard InChI is InChI=1S/C49H64N2O10/c1-5-8-11-13-30-58-46-44(51-50-41-21-25-43(26-22-41)60-48(52)39-17-15-38(4)16-18-39)27-28-45(47(46)59-31-14-12-9-6-2)61-49(53)40-19-23-42(24-20-40)57-37-36-56-35-34-55-33-32-54-29-10-7-3/h15-28H,5-14,29-37H2,1-4H3. The minimum Gasteiger partial charge on any atom is -0.491 e. The van der Waals surface area contributed by atoms with Gasteiger partial charge in [-0.3, -0.25) is 0 Å². The lowest BCUT2D eigenvalue weighted by Gasteiger charge is -2.18. The first-order valence-electron chi connectivity index (χ1n) is 21.8. The average Bonchev–Trinajstić information content (AvgIpc) is 3.27. The van der Waals surface area contributed by atoms with Gasteiger partial charge in [0.25, 0.3) is 0 Å². The minimum atomic E-state index is -0.562. The number of nitrogens with zero attached hydrogens (tertiary/aromatic N) is 2. The SMILES string of the molecule is CCCCCCOc1c(N=Nc2ccc(OC(=O)c3ccc(C)cc3)cc2)ccc(OC(=O)c2ccc(OCCOCCOCCOCCCC)cc2)c1OCCCCCC. The molecule has 0 saturated heterocycles. The van der Waals surface area contributed by atoms with Crippen molar-refractivity contribution in [2.45, 2.75) is 91.9 Å². The number of azo groups is 1. The van der Waals surface area contributed by atoms with E-state index in [9.17, 15) is 9.59 Å². The zero-order valence-corrected chi connectivity index (χ0v) is 36.5. The molecule has 0 spiro atoms. The van der Waals surface area contributed by atoms with Crippen LogP contribution in [-0.4, -0.2) is 71.4 Å². The number of esters is 2. The molecular formula is C49H64N2O10. The van der Waals surface area contributed by atoms with Crippen LogP contribution in [0, 0.1) is 6.92 Å². The largest absolute Gasteiger partial charge is 0.491 e. The molecule has 0 amide bonds. The van der Waals surface area contributed by atoms with E-state index in [2.05, 4.69) is 31.0 Å². The Morgan fingerprint density at radius 1 is 0.443 bits per heavy atom. The van der Waals surface area contributed by atoms with Crippen LogP contribution in [0.2, 0.25) is 0 Å². The summed E-state index contributed by atoms with van der Waals surface area (Å²) in [5.41, 5.74) is 2.81. The number of rotatable bonds is 31. The van der Waals surface area contributed by atoms with Gasteiger partial charge in [0.05, 0.1) is 63.1 Å². The molecule has 0 heterocycles. The summed E-state index contributed by atoms with van der Waals surface area (Å²) in [4.78, 5) is 26.1. The topological polar surface area (TPSA) is 133 Å². The Morgan fingerprint density at radius 3 is 1.57 bits per heavy atom. The molecule has 0 aliphatic rings. The van der Waals surface area contributed by atoms with Crippen LogP contribution < -0.4 is 23.7 Å². The third kappa shape index (κ3) is 18.5. The quantitative estimate of drug-likeness (QED) is 0.0209. The highest BCUT2D eigenvalue weighted by Crippen LogP contribution is 2.46. The summed E-state index contributed by atoms with van der Waals surface area (Å²) in [6.45, 7) is 12.8. The van der Waals surface area contributed by atoms with Crippen molar-refractivity contribution in [1.82, 2.24) is 0 Å². The smallest absolute Gasteiger partial charge is 0.343 e. The first-order valence-corrected chi connectivity index (χ1v) is 21.8. The van der Waals surface area contributed by atoms with Gasteiger partial charge in [0, 0.05) is 6.61 Å². The highest BCUT2D eigenvalue weighted by atomic mass is 16.6. The fraction of sp³-hybridized carbons (Fsp3) is 0.469. The van der Waals surface area contributed by atoms with Crippen LogP contribution in [0.4, 0.5) is 11.4 Å². The average molecular weight is 841 g/mol. The molecule has 0 atom stereocenters. The van der Waals surface area contributed by atoms with Crippen LogP contribution >= 0.6 is 0 Å². The molecule has 4 rings (SSSR count). The lowest BCUT2D eigenvalue weighted by atomic mass is 10.1. The Labute approximate surface area is 361 Å². The number of unbranched alkanes of at least 4 members (excludes halogenated alkanes) is 7. The van der Waals surface area contributed by atoms with Crippen LogP contribution in [0.5, 0.6) is 28.7 Å². The molecule has 12 heteroatoms. The molecule has 0 bridgehead atoms. The summed E-state index contributed by atoms with van der Waals surface area (Å²) in [7, 11) is 0. The summed E-state index contributed by atoms with van der Waals surface area (Å²) in [6, 6.07) is 24.0. The Morgan fingerprint density at radius 2 is 0.967 bits per heavy atom. The maximum atomic E-state index is 13.5. The van der Waals surface area contributed by atoms with E-state index in [1.54, 1.807) is 72.8 Å². The molecule has 0 aromatic heterocycles. The highest BCUT2D eigenvalue weighted by molar-refractivity contribution is 5.92. The van der Waals surface area contributed by atoms with Gasteiger partial charge in [-0.1, -0.05) is 83.4 Å². The van der Waals surface area contributed by atoms with E-state index in [-0.39, 0.29) is 5.75 Å².